The van der Waals surface area contributed by atoms with Crippen LogP contribution in [0.5, 0.6) is 5.75 Å². The molecule has 3 aromatic rings. The zero-order valence-electron chi connectivity index (χ0n) is 18.5. The summed E-state index contributed by atoms with van der Waals surface area (Å²) in [4.78, 5) is 24.4. The Labute approximate surface area is 193 Å². The van der Waals surface area contributed by atoms with Gasteiger partial charge in [0, 0.05) is 11.3 Å². The normalized spacial score (nSPS) is 10.9. The molecule has 0 spiro atoms. The number of hydrogen-bond donors (Lipinski definition) is 3. The molecule has 0 radical (unpaired) electrons. The van der Waals surface area contributed by atoms with Gasteiger partial charge in [-0.2, -0.15) is 0 Å². The Bertz CT molecular complexity index is 1270. The molecular weight excluding hydrogens is 442 g/mol. The van der Waals surface area contributed by atoms with Crippen molar-refractivity contribution >= 4 is 27.5 Å². The summed E-state index contributed by atoms with van der Waals surface area (Å²) in [5.41, 5.74) is 7.88. The van der Waals surface area contributed by atoms with Gasteiger partial charge in [0.25, 0.3) is 21.8 Å². The lowest BCUT2D eigenvalue weighted by atomic mass is 10.1. The van der Waals surface area contributed by atoms with Gasteiger partial charge in [0.2, 0.25) is 0 Å². The van der Waals surface area contributed by atoms with Crippen LogP contribution in [0.4, 0.5) is 5.69 Å². The summed E-state index contributed by atoms with van der Waals surface area (Å²) < 4.78 is 33.3. The fourth-order valence-corrected chi connectivity index (χ4v) is 3.99. The molecule has 0 heterocycles. The van der Waals surface area contributed by atoms with E-state index in [1.54, 1.807) is 24.3 Å². The van der Waals surface area contributed by atoms with E-state index >= 15 is 0 Å². The minimum atomic E-state index is -3.90. The van der Waals surface area contributed by atoms with Crippen molar-refractivity contribution in [2.75, 3.05) is 11.3 Å². The number of benzene rings is 3. The Kier molecular flexibility index (Phi) is 7.34. The van der Waals surface area contributed by atoms with E-state index in [9.17, 15) is 18.0 Å². The minimum absolute atomic E-state index is 0.0672. The van der Waals surface area contributed by atoms with E-state index in [1.165, 1.54) is 24.3 Å². The second-order valence-corrected chi connectivity index (χ2v) is 9.24. The number of nitrogens with one attached hydrogen (secondary N) is 3. The van der Waals surface area contributed by atoms with Gasteiger partial charge in [-0.25, -0.2) is 8.42 Å². The summed E-state index contributed by atoms with van der Waals surface area (Å²) in [6.45, 7) is 5.38. The van der Waals surface area contributed by atoms with Crippen molar-refractivity contribution < 1.29 is 22.7 Å². The van der Waals surface area contributed by atoms with Crippen molar-refractivity contribution in [2.24, 2.45) is 0 Å². The van der Waals surface area contributed by atoms with E-state index in [-0.39, 0.29) is 17.1 Å². The van der Waals surface area contributed by atoms with E-state index in [0.29, 0.717) is 11.4 Å². The number of anilines is 1. The van der Waals surface area contributed by atoms with Crippen LogP contribution in [-0.2, 0) is 14.8 Å². The van der Waals surface area contributed by atoms with Crippen molar-refractivity contribution in [2.45, 2.75) is 25.7 Å². The highest BCUT2D eigenvalue weighted by Gasteiger charge is 2.17. The quantitative estimate of drug-likeness (QED) is 0.462. The Hall–Kier alpha value is -3.85. The number of hydrazine groups is 1. The van der Waals surface area contributed by atoms with Crippen LogP contribution in [0.2, 0.25) is 0 Å². The minimum Gasteiger partial charge on any atom is -0.483 e. The number of sulfonamides is 1. The summed E-state index contributed by atoms with van der Waals surface area (Å²) in [6.07, 6.45) is 0. The lowest BCUT2D eigenvalue weighted by Crippen LogP contribution is -2.43. The molecule has 0 saturated carbocycles. The van der Waals surface area contributed by atoms with Gasteiger partial charge in [0.15, 0.2) is 6.61 Å². The third kappa shape index (κ3) is 6.56. The third-order valence-corrected chi connectivity index (χ3v) is 6.11. The monoisotopic (exact) mass is 467 g/mol. The van der Waals surface area contributed by atoms with E-state index in [4.69, 9.17) is 4.74 Å². The largest absolute Gasteiger partial charge is 0.483 e. The van der Waals surface area contributed by atoms with Crippen LogP contribution in [0, 0.1) is 20.8 Å². The maximum atomic E-state index is 12.7. The molecule has 172 valence electrons. The van der Waals surface area contributed by atoms with Gasteiger partial charge < -0.3 is 4.74 Å². The lowest BCUT2D eigenvalue weighted by molar-refractivity contribution is -0.123. The molecule has 0 bridgehead atoms. The molecule has 0 atom stereocenters. The summed E-state index contributed by atoms with van der Waals surface area (Å²) in [6, 6.07) is 18.0. The van der Waals surface area contributed by atoms with Crippen molar-refractivity contribution in [1.82, 2.24) is 10.9 Å². The molecule has 0 saturated heterocycles. The average molecular weight is 468 g/mol. The number of amides is 2. The van der Waals surface area contributed by atoms with Crippen LogP contribution >= 0.6 is 0 Å². The molecule has 0 unspecified atom stereocenters. The maximum absolute atomic E-state index is 12.7. The van der Waals surface area contributed by atoms with Gasteiger partial charge in [-0.3, -0.25) is 25.2 Å². The molecule has 0 aliphatic rings. The summed E-state index contributed by atoms with van der Waals surface area (Å²) in [5.74, 6) is -0.646. The van der Waals surface area contributed by atoms with Crippen LogP contribution in [-0.4, -0.2) is 26.8 Å². The van der Waals surface area contributed by atoms with Gasteiger partial charge in [-0.1, -0.05) is 35.9 Å². The Morgan fingerprint density at radius 1 is 0.848 bits per heavy atom. The van der Waals surface area contributed by atoms with Gasteiger partial charge in [0.1, 0.15) is 5.75 Å². The fourth-order valence-electron chi connectivity index (χ4n) is 2.88. The van der Waals surface area contributed by atoms with Gasteiger partial charge in [-0.15, -0.1) is 0 Å². The number of carbonyl (C=O) groups is 2. The summed E-state index contributed by atoms with van der Waals surface area (Å²) in [5, 5.41) is 0. The predicted molar refractivity (Wildman–Crippen MR) is 125 cm³/mol. The molecule has 0 aliphatic carbocycles. The number of carbonyl (C=O) groups excluding carboxylic acids is 2. The second-order valence-electron chi connectivity index (χ2n) is 7.56. The SMILES string of the molecule is Cc1ccc(NS(=O)(=O)c2cccc(C(=O)NNC(=O)COc3cc(C)ccc3C)c2)cc1. The number of aryl methyl sites for hydroxylation is 3. The summed E-state index contributed by atoms with van der Waals surface area (Å²) >= 11 is 0. The third-order valence-electron chi connectivity index (χ3n) is 4.73. The highest BCUT2D eigenvalue weighted by Crippen LogP contribution is 2.19. The lowest BCUT2D eigenvalue weighted by Gasteiger charge is -2.12. The smallest absolute Gasteiger partial charge is 0.276 e. The molecule has 9 heteroatoms. The van der Waals surface area contributed by atoms with E-state index in [1.807, 2.05) is 39.0 Å². The van der Waals surface area contributed by atoms with Crippen LogP contribution in [0.15, 0.2) is 71.6 Å². The van der Waals surface area contributed by atoms with Gasteiger partial charge in [-0.05, 0) is 68.3 Å². The predicted octanol–water partition coefficient (Wildman–Crippen LogP) is 3.25. The highest BCUT2D eigenvalue weighted by molar-refractivity contribution is 7.92. The average Bonchev–Trinajstić information content (AvgIpc) is 2.79. The van der Waals surface area contributed by atoms with Crippen molar-refractivity contribution in [1.29, 1.82) is 0 Å². The van der Waals surface area contributed by atoms with E-state index in [0.717, 1.165) is 16.7 Å². The zero-order valence-corrected chi connectivity index (χ0v) is 19.3. The van der Waals surface area contributed by atoms with Crippen LogP contribution in [0.25, 0.3) is 0 Å². The molecule has 0 aliphatic heterocycles. The Morgan fingerprint density at radius 3 is 2.27 bits per heavy atom. The molecule has 3 aromatic carbocycles. The molecule has 2 amide bonds. The van der Waals surface area contributed by atoms with Crippen molar-refractivity contribution in [3.05, 3.63) is 89.0 Å². The molecule has 33 heavy (non-hydrogen) atoms. The molecule has 3 rings (SSSR count). The van der Waals surface area contributed by atoms with Crippen molar-refractivity contribution in [3.8, 4) is 5.75 Å². The first-order valence-corrected chi connectivity index (χ1v) is 11.6. The van der Waals surface area contributed by atoms with E-state index < -0.39 is 21.8 Å². The first-order valence-electron chi connectivity index (χ1n) is 10.1. The van der Waals surface area contributed by atoms with Crippen LogP contribution in [0.3, 0.4) is 0 Å². The summed E-state index contributed by atoms with van der Waals surface area (Å²) in [7, 11) is -3.90. The highest BCUT2D eigenvalue weighted by atomic mass is 32.2. The molecular formula is C24H25N3O5S. The molecule has 8 nitrogen and oxygen atoms in total. The maximum Gasteiger partial charge on any atom is 0.276 e. The number of rotatable bonds is 7. The zero-order chi connectivity index (χ0) is 24.0. The Balaban J connectivity index is 1.59. The number of ether oxygens (including phenoxy) is 1. The van der Waals surface area contributed by atoms with Crippen LogP contribution in [0.1, 0.15) is 27.0 Å². The van der Waals surface area contributed by atoms with Gasteiger partial charge >= 0.3 is 0 Å². The number of hydrogen-bond acceptors (Lipinski definition) is 5. The first kappa shape index (κ1) is 23.8. The molecule has 0 fully saturated rings. The van der Waals surface area contributed by atoms with E-state index in [2.05, 4.69) is 15.6 Å². The molecule has 3 N–H and O–H groups in total. The first-order chi connectivity index (χ1) is 15.6. The van der Waals surface area contributed by atoms with Crippen LogP contribution < -0.4 is 20.3 Å². The standard InChI is InChI=1S/C24H25N3O5S/c1-16-8-11-20(12-9-16)27-33(30,31)21-6-4-5-19(14-21)24(29)26-25-23(28)15-32-22-13-17(2)7-10-18(22)3/h4-14,27H,15H2,1-3H3,(H,25,28)(H,26,29). The van der Waals surface area contributed by atoms with Gasteiger partial charge in [0.05, 0.1) is 4.90 Å². The second kappa shape index (κ2) is 10.2. The fraction of sp³-hybridized carbons (Fsp3) is 0.167. The van der Waals surface area contributed by atoms with Crippen molar-refractivity contribution in [3.63, 3.8) is 0 Å². The molecule has 0 aromatic heterocycles. The Morgan fingerprint density at radius 2 is 1.55 bits per heavy atom. The topological polar surface area (TPSA) is 114 Å².